The van der Waals surface area contributed by atoms with Crippen LogP contribution < -0.4 is 10.1 Å². The molecule has 0 radical (unpaired) electrons. The number of furan rings is 1. The molecule has 1 aromatic carbocycles. The number of hydrogen-bond acceptors (Lipinski definition) is 3. The molecule has 1 N–H and O–H groups in total. The minimum atomic E-state index is 0.260. The minimum Gasteiger partial charge on any atom is -0.449 e. The molecule has 15 heavy (non-hydrogen) atoms. The Morgan fingerprint density at radius 2 is 1.93 bits per heavy atom. The molecule has 0 fully saturated rings. The van der Waals surface area contributed by atoms with E-state index in [4.69, 9.17) is 21.4 Å². The van der Waals surface area contributed by atoms with Crippen molar-refractivity contribution in [1.82, 2.24) is 0 Å². The van der Waals surface area contributed by atoms with E-state index in [1.54, 1.807) is 18.4 Å². The van der Waals surface area contributed by atoms with Gasteiger partial charge in [0.1, 0.15) is 5.75 Å². The highest BCUT2D eigenvalue weighted by molar-refractivity contribution is 7.80. The highest BCUT2D eigenvalue weighted by Crippen LogP contribution is 2.11. The molecule has 0 saturated carbocycles. The summed E-state index contributed by atoms with van der Waals surface area (Å²) in [6.07, 6.45) is 1.56. The van der Waals surface area contributed by atoms with Crippen LogP contribution in [0.15, 0.2) is 53.1 Å². The van der Waals surface area contributed by atoms with Gasteiger partial charge in [-0.25, -0.2) is 0 Å². The van der Waals surface area contributed by atoms with E-state index in [1.807, 2.05) is 30.3 Å². The summed E-state index contributed by atoms with van der Waals surface area (Å²) < 4.78 is 10.4. The fraction of sp³-hybridized carbons (Fsp3) is 0. The Balaban J connectivity index is 1.94. The largest absolute Gasteiger partial charge is 0.449 e. The summed E-state index contributed by atoms with van der Waals surface area (Å²) in [5, 5.41) is 3.07. The third-order valence-electron chi connectivity index (χ3n) is 1.70. The molecule has 0 aliphatic rings. The number of benzene rings is 1. The maximum Gasteiger partial charge on any atom is 0.269 e. The first-order valence-corrected chi connectivity index (χ1v) is 4.83. The van der Waals surface area contributed by atoms with E-state index in [9.17, 15) is 0 Å². The molecule has 2 aromatic rings. The number of para-hydroxylation sites is 1. The average Bonchev–Trinajstić information content (AvgIpc) is 2.71. The smallest absolute Gasteiger partial charge is 0.269 e. The van der Waals surface area contributed by atoms with Crippen LogP contribution in [0.1, 0.15) is 0 Å². The van der Waals surface area contributed by atoms with Gasteiger partial charge in [0.25, 0.3) is 5.17 Å². The molecule has 2 rings (SSSR count). The van der Waals surface area contributed by atoms with Crippen molar-refractivity contribution < 1.29 is 9.15 Å². The second-order valence-electron chi connectivity index (χ2n) is 2.80. The van der Waals surface area contributed by atoms with E-state index < -0.39 is 0 Å². The van der Waals surface area contributed by atoms with Gasteiger partial charge in [0.15, 0.2) is 5.88 Å². The van der Waals surface area contributed by atoms with Crippen molar-refractivity contribution in [3.8, 4) is 5.75 Å². The standard InChI is InChI=1S/C11H9NO2S/c15-11(12-10-7-4-8-13-10)14-9-5-2-1-3-6-9/h1-8H,(H,12,15). The molecular formula is C11H9NO2S. The Morgan fingerprint density at radius 3 is 2.60 bits per heavy atom. The Labute approximate surface area is 92.7 Å². The number of anilines is 1. The number of thiocarbonyl (C=S) groups is 1. The van der Waals surface area contributed by atoms with Crippen molar-refractivity contribution in [2.24, 2.45) is 0 Å². The highest BCUT2D eigenvalue weighted by Gasteiger charge is 2.01. The fourth-order valence-corrected chi connectivity index (χ4v) is 1.27. The molecule has 0 spiro atoms. The van der Waals surface area contributed by atoms with Gasteiger partial charge in [-0.3, -0.25) is 5.32 Å². The lowest BCUT2D eigenvalue weighted by molar-refractivity contribution is 0.549. The molecular weight excluding hydrogens is 210 g/mol. The third kappa shape index (κ3) is 2.82. The summed E-state index contributed by atoms with van der Waals surface area (Å²) in [6, 6.07) is 12.9. The summed E-state index contributed by atoms with van der Waals surface area (Å²) in [5.74, 6) is 1.26. The number of ether oxygens (including phenoxy) is 1. The van der Waals surface area contributed by atoms with Crippen LogP contribution in [0, 0.1) is 0 Å². The van der Waals surface area contributed by atoms with Crippen molar-refractivity contribution in [3.05, 3.63) is 48.7 Å². The van der Waals surface area contributed by atoms with Crippen LogP contribution in [0.5, 0.6) is 5.75 Å². The molecule has 0 amide bonds. The molecule has 0 bridgehead atoms. The monoisotopic (exact) mass is 219 g/mol. The van der Waals surface area contributed by atoms with Crippen LogP contribution in [-0.2, 0) is 0 Å². The first-order valence-electron chi connectivity index (χ1n) is 4.42. The number of hydrogen-bond donors (Lipinski definition) is 1. The van der Waals surface area contributed by atoms with Crippen molar-refractivity contribution >= 4 is 23.3 Å². The lowest BCUT2D eigenvalue weighted by Gasteiger charge is -2.06. The van der Waals surface area contributed by atoms with E-state index in [0.29, 0.717) is 11.6 Å². The van der Waals surface area contributed by atoms with Gasteiger partial charge in [-0.05, 0) is 30.4 Å². The minimum absolute atomic E-state index is 0.260. The van der Waals surface area contributed by atoms with Crippen molar-refractivity contribution in [2.75, 3.05) is 5.32 Å². The van der Waals surface area contributed by atoms with Crippen LogP contribution in [-0.4, -0.2) is 5.17 Å². The van der Waals surface area contributed by atoms with Crippen LogP contribution in [0.2, 0.25) is 0 Å². The normalized spacial score (nSPS) is 9.60. The Bertz CT molecular complexity index is 425. The van der Waals surface area contributed by atoms with Gasteiger partial charge in [-0.15, -0.1) is 0 Å². The maximum absolute atomic E-state index is 5.35. The van der Waals surface area contributed by atoms with E-state index >= 15 is 0 Å². The SMILES string of the molecule is S=C(Nc1ccco1)Oc1ccccc1. The number of rotatable bonds is 2. The van der Waals surface area contributed by atoms with Gasteiger partial charge in [-0.1, -0.05) is 18.2 Å². The summed E-state index contributed by atoms with van der Waals surface area (Å²) in [7, 11) is 0. The summed E-state index contributed by atoms with van der Waals surface area (Å²) in [4.78, 5) is 0. The van der Waals surface area contributed by atoms with Gasteiger partial charge < -0.3 is 9.15 Å². The molecule has 0 unspecified atom stereocenters. The van der Waals surface area contributed by atoms with E-state index in [1.165, 1.54) is 0 Å². The molecule has 76 valence electrons. The van der Waals surface area contributed by atoms with Gasteiger partial charge in [0.2, 0.25) is 0 Å². The fourth-order valence-electron chi connectivity index (χ4n) is 1.07. The summed E-state index contributed by atoms with van der Waals surface area (Å²) >= 11 is 4.99. The number of nitrogens with one attached hydrogen (secondary N) is 1. The van der Waals surface area contributed by atoms with Gasteiger partial charge in [0.05, 0.1) is 6.26 Å². The quantitative estimate of drug-likeness (QED) is 0.787. The van der Waals surface area contributed by atoms with Crippen LogP contribution in [0.4, 0.5) is 5.88 Å². The first-order chi connectivity index (χ1) is 7.34. The second kappa shape index (κ2) is 4.61. The molecule has 3 nitrogen and oxygen atoms in total. The van der Waals surface area contributed by atoms with E-state index in [2.05, 4.69) is 5.32 Å². The zero-order chi connectivity index (χ0) is 10.5. The Hall–Kier alpha value is -1.81. The van der Waals surface area contributed by atoms with Crippen molar-refractivity contribution in [1.29, 1.82) is 0 Å². The molecule has 0 aliphatic heterocycles. The Kier molecular flexibility index (Phi) is 2.99. The van der Waals surface area contributed by atoms with Crippen LogP contribution >= 0.6 is 12.2 Å². The second-order valence-corrected chi connectivity index (χ2v) is 3.18. The molecule has 0 atom stereocenters. The lowest BCUT2D eigenvalue weighted by atomic mass is 10.3. The zero-order valence-electron chi connectivity index (χ0n) is 7.84. The van der Waals surface area contributed by atoms with Gasteiger partial charge in [0, 0.05) is 6.07 Å². The first kappa shape index (κ1) is 9.73. The molecule has 0 saturated heterocycles. The topological polar surface area (TPSA) is 34.4 Å². The zero-order valence-corrected chi connectivity index (χ0v) is 8.66. The van der Waals surface area contributed by atoms with Crippen molar-refractivity contribution in [3.63, 3.8) is 0 Å². The molecule has 1 heterocycles. The lowest BCUT2D eigenvalue weighted by Crippen LogP contribution is -2.15. The van der Waals surface area contributed by atoms with E-state index in [0.717, 1.165) is 0 Å². The Morgan fingerprint density at radius 1 is 1.13 bits per heavy atom. The average molecular weight is 219 g/mol. The summed E-state index contributed by atoms with van der Waals surface area (Å²) in [5.41, 5.74) is 0. The molecule has 0 aliphatic carbocycles. The highest BCUT2D eigenvalue weighted by atomic mass is 32.1. The van der Waals surface area contributed by atoms with Gasteiger partial charge >= 0.3 is 0 Å². The third-order valence-corrected chi connectivity index (χ3v) is 1.89. The predicted octanol–water partition coefficient (Wildman–Crippen LogP) is 3.06. The molecule has 1 aromatic heterocycles. The van der Waals surface area contributed by atoms with E-state index in [-0.39, 0.29) is 5.17 Å². The van der Waals surface area contributed by atoms with Gasteiger partial charge in [-0.2, -0.15) is 0 Å². The maximum atomic E-state index is 5.35. The predicted molar refractivity (Wildman–Crippen MR) is 62.0 cm³/mol. The van der Waals surface area contributed by atoms with Crippen molar-refractivity contribution in [2.45, 2.75) is 0 Å². The summed E-state index contributed by atoms with van der Waals surface area (Å²) in [6.45, 7) is 0. The van der Waals surface area contributed by atoms with Crippen LogP contribution in [0.25, 0.3) is 0 Å². The molecule has 4 heteroatoms. The van der Waals surface area contributed by atoms with Crippen LogP contribution in [0.3, 0.4) is 0 Å².